The van der Waals surface area contributed by atoms with Gasteiger partial charge in [-0.15, -0.1) is 0 Å². The average Bonchev–Trinajstić information content (AvgIpc) is 3.25. The zero-order valence-corrected chi connectivity index (χ0v) is 21.8. The maximum absolute atomic E-state index is 15.1. The van der Waals surface area contributed by atoms with Crippen molar-refractivity contribution >= 4 is 29.0 Å². The first-order valence-corrected chi connectivity index (χ1v) is 13.4. The Kier molecular flexibility index (Phi) is 7.48. The fraction of sp³-hybridized carbons (Fsp3) is 0.593. The third kappa shape index (κ3) is 5.36. The summed E-state index contributed by atoms with van der Waals surface area (Å²) in [5.74, 6) is 1.21. The molecule has 4 heterocycles. The average molecular weight is 512 g/mol. The number of aliphatic hydroxyl groups excluding tert-OH is 1. The number of amides is 1. The Balaban J connectivity index is 1.22. The van der Waals surface area contributed by atoms with Crippen LogP contribution in [0.5, 0.6) is 0 Å². The third-order valence-electron chi connectivity index (χ3n) is 8.42. The van der Waals surface area contributed by atoms with Gasteiger partial charge in [0.25, 0.3) is 0 Å². The van der Waals surface area contributed by atoms with Crippen LogP contribution in [0.3, 0.4) is 0 Å². The van der Waals surface area contributed by atoms with Crippen molar-refractivity contribution in [2.45, 2.75) is 45.1 Å². The highest BCUT2D eigenvalue weighted by molar-refractivity contribution is 5.85. The summed E-state index contributed by atoms with van der Waals surface area (Å²) in [7, 11) is 2.03. The molecule has 37 heavy (non-hydrogen) atoms. The second-order valence-electron chi connectivity index (χ2n) is 10.7. The van der Waals surface area contributed by atoms with Crippen molar-refractivity contribution in [3.05, 3.63) is 35.8 Å². The number of likely N-dealkylation sites (N-methyl/N-ethyl adjacent to an activating group) is 1. The predicted octanol–water partition coefficient (Wildman–Crippen LogP) is 2.67. The normalized spacial score (nSPS) is 20.1. The summed E-state index contributed by atoms with van der Waals surface area (Å²) >= 11 is 0. The monoisotopic (exact) mass is 511 g/mol. The first-order chi connectivity index (χ1) is 17.9. The lowest BCUT2D eigenvalue weighted by molar-refractivity contribution is -0.128. The minimum absolute atomic E-state index is 0.156. The summed E-state index contributed by atoms with van der Waals surface area (Å²) in [4.78, 5) is 28.0. The topological polar surface area (TPSA) is 96.9 Å². The number of rotatable bonds is 7. The Labute approximate surface area is 218 Å². The van der Waals surface area contributed by atoms with Crippen LogP contribution < -0.4 is 20.4 Å². The first kappa shape index (κ1) is 25.7. The van der Waals surface area contributed by atoms with E-state index in [1.54, 1.807) is 6.20 Å². The minimum atomic E-state index is -0.268. The SMILES string of the molecule is Cc1cnc(Nc2ccc(N3CCC(N(C)CCO)CC3)c(F)c2)nc1N1CCC2(CCNC2=O)CC1. The van der Waals surface area contributed by atoms with Gasteiger partial charge in [0, 0.05) is 62.8 Å². The van der Waals surface area contributed by atoms with Crippen LogP contribution in [0, 0.1) is 18.2 Å². The summed E-state index contributed by atoms with van der Waals surface area (Å²) in [6, 6.07) is 5.61. The number of anilines is 4. The number of nitrogens with zero attached hydrogens (tertiary/aromatic N) is 5. The lowest BCUT2D eigenvalue weighted by Gasteiger charge is -2.38. The van der Waals surface area contributed by atoms with Gasteiger partial charge in [-0.05, 0) is 64.3 Å². The van der Waals surface area contributed by atoms with Crippen LogP contribution in [0.2, 0.25) is 0 Å². The fourth-order valence-electron chi connectivity index (χ4n) is 6.01. The largest absolute Gasteiger partial charge is 0.395 e. The lowest BCUT2D eigenvalue weighted by atomic mass is 9.77. The molecule has 1 aromatic heterocycles. The maximum atomic E-state index is 15.1. The van der Waals surface area contributed by atoms with Crippen LogP contribution in [-0.4, -0.2) is 84.8 Å². The van der Waals surface area contributed by atoms with Crippen molar-refractivity contribution in [1.82, 2.24) is 20.2 Å². The molecule has 9 nitrogen and oxygen atoms in total. The number of piperidine rings is 2. The van der Waals surface area contributed by atoms with Gasteiger partial charge in [0.05, 0.1) is 17.7 Å². The smallest absolute Gasteiger partial charge is 0.229 e. The summed E-state index contributed by atoms with van der Waals surface area (Å²) in [6.07, 6.45) is 6.24. The van der Waals surface area contributed by atoms with Crippen molar-refractivity contribution in [3.8, 4) is 0 Å². The van der Waals surface area contributed by atoms with Crippen LogP contribution in [0.4, 0.5) is 27.5 Å². The molecule has 1 aromatic carbocycles. The molecule has 10 heteroatoms. The summed E-state index contributed by atoms with van der Waals surface area (Å²) in [6.45, 7) is 6.71. The predicted molar refractivity (Wildman–Crippen MR) is 143 cm³/mol. The molecule has 2 aromatic rings. The van der Waals surface area contributed by atoms with Crippen LogP contribution in [-0.2, 0) is 4.79 Å². The molecule has 0 unspecified atom stereocenters. The summed E-state index contributed by atoms with van der Waals surface area (Å²) in [5.41, 5.74) is 1.97. The highest BCUT2D eigenvalue weighted by Gasteiger charge is 2.44. The van der Waals surface area contributed by atoms with Gasteiger partial charge in [-0.2, -0.15) is 4.98 Å². The number of nitrogens with one attached hydrogen (secondary N) is 2. The minimum Gasteiger partial charge on any atom is -0.395 e. The number of aromatic nitrogens is 2. The molecule has 1 amide bonds. The van der Waals surface area contributed by atoms with E-state index in [9.17, 15) is 9.90 Å². The fourth-order valence-corrected chi connectivity index (χ4v) is 6.01. The molecule has 0 aliphatic carbocycles. The molecule has 1 spiro atoms. The standard InChI is InChI=1S/C27H38FN7O2/c1-19-18-30-26(32-24(19)35-13-8-27(9-14-35)7-10-29-25(27)37)31-20-3-4-23(22(28)17-20)34-11-5-21(6-12-34)33(2)15-16-36/h3-4,17-18,21,36H,5-16H2,1-2H3,(H,29,37)(H,30,31,32). The molecule has 0 bridgehead atoms. The van der Waals surface area contributed by atoms with Gasteiger partial charge in [0.15, 0.2) is 0 Å². The van der Waals surface area contributed by atoms with E-state index < -0.39 is 0 Å². The zero-order chi connectivity index (χ0) is 26.0. The van der Waals surface area contributed by atoms with E-state index in [0.717, 1.165) is 76.2 Å². The number of benzene rings is 1. The zero-order valence-electron chi connectivity index (χ0n) is 21.8. The lowest BCUT2D eigenvalue weighted by Crippen LogP contribution is -2.44. The van der Waals surface area contributed by atoms with Crippen LogP contribution >= 0.6 is 0 Å². The highest BCUT2D eigenvalue weighted by atomic mass is 19.1. The Morgan fingerprint density at radius 3 is 2.59 bits per heavy atom. The van der Waals surface area contributed by atoms with Gasteiger partial charge in [0.2, 0.25) is 11.9 Å². The van der Waals surface area contributed by atoms with Gasteiger partial charge in [-0.1, -0.05) is 0 Å². The van der Waals surface area contributed by atoms with E-state index >= 15 is 4.39 Å². The van der Waals surface area contributed by atoms with Crippen molar-refractivity contribution in [2.24, 2.45) is 5.41 Å². The second-order valence-corrected chi connectivity index (χ2v) is 10.7. The Bertz CT molecular complexity index is 1110. The molecule has 3 fully saturated rings. The van der Waals surface area contributed by atoms with Crippen molar-refractivity contribution < 1.29 is 14.3 Å². The third-order valence-corrected chi connectivity index (χ3v) is 8.42. The molecule has 0 radical (unpaired) electrons. The molecular weight excluding hydrogens is 473 g/mol. The number of aryl methyl sites for hydroxylation is 1. The van der Waals surface area contributed by atoms with Gasteiger partial charge in [0.1, 0.15) is 11.6 Å². The molecule has 3 aliphatic heterocycles. The Hall–Kier alpha value is -2.98. The van der Waals surface area contributed by atoms with E-state index in [0.29, 0.717) is 29.9 Å². The van der Waals surface area contributed by atoms with Gasteiger partial charge in [-0.3, -0.25) is 4.79 Å². The number of hydrogen-bond acceptors (Lipinski definition) is 8. The highest BCUT2D eigenvalue weighted by Crippen LogP contribution is 2.39. The van der Waals surface area contributed by atoms with Crippen LogP contribution in [0.1, 0.15) is 37.7 Å². The molecule has 0 saturated carbocycles. The van der Waals surface area contributed by atoms with E-state index in [1.807, 2.05) is 26.1 Å². The first-order valence-electron chi connectivity index (χ1n) is 13.4. The van der Waals surface area contributed by atoms with Gasteiger partial charge >= 0.3 is 0 Å². The van der Waals surface area contributed by atoms with Crippen molar-refractivity contribution in [1.29, 1.82) is 0 Å². The number of halogens is 1. The van der Waals surface area contributed by atoms with E-state index in [4.69, 9.17) is 4.98 Å². The molecule has 0 atom stereocenters. The van der Waals surface area contributed by atoms with Gasteiger partial charge < -0.3 is 30.4 Å². The second kappa shape index (κ2) is 10.8. The van der Waals surface area contributed by atoms with Crippen molar-refractivity contribution in [2.75, 3.05) is 68.0 Å². The molecule has 3 saturated heterocycles. The quantitative estimate of drug-likeness (QED) is 0.522. The Morgan fingerprint density at radius 2 is 1.95 bits per heavy atom. The summed E-state index contributed by atoms with van der Waals surface area (Å²) < 4.78 is 15.1. The van der Waals surface area contributed by atoms with Crippen LogP contribution in [0.15, 0.2) is 24.4 Å². The van der Waals surface area contributed by atoms with Crippen LogP contribution in [0.25, 0.3) is 0 Å². The molecule has 3 N–H and O–H groups in total. The molecule has 5 rings (SSSR count). The van der Waals surface area contributed by atoms with Gasteiger partial charge in [-0.25, -0.2) is 9.37 Å². The van der Waals surface area contributed by atoms with Crippen molar-refractivity contribution in [3.63, 3.8) is 0 Å². The number of carbonyl (C=O) groups excluding carboxylic acids is 1. The number of hydrogen-bond donors (Lipinski definition) is 3. The summed E-state index contributed by atoms with van der Waals surface area (Å²) in [5, 5.41) is 15.3. The molecule has 3 aliphatic rings. The van der Waals surface area contributed by atoms with E-state index in [-0.39, 0.29) is 23.7 Å². The number of carbonyl (C=O) groups is 1. The number of aliphatic hydroxyl groups is 1. The molecule has 200 valence electrons. The molecular formula is C27H38FN7O2. The van der Waals surface area contributed by atoms with E-state index in [2.05, 4.69) is 30.3 Å². The maximum Gasteiger partial charge on any atom is 0.229 e. The van der Waals surface area contributed by atoms with E-state index in [1.165, 1.54) is 6.07 Å². The Morgan fingerprint density at radius 1 is 1.19 bits per heavy atom.